The van der Waals surface area contributed by atoms with E-state index in [1.807, 2.05) is 6.20 Å². The third kappa shape index (κ3) is 3.52. The molecule has 23 heavy (non-hydrogen) atoms. The topological polar surface area (TPSA) is 58.2 Å². The molecule has 1 aliphatic heterocycles. The third-order valence-electron chi connectivity index (χ3n) is 4.35. The number of nitrogens with zero attached hydrogens (tertiary/aromatic N) is 2. The molecule has 2 heterocycles. The Morgan fingerprint density at radius 3 is 2.83 bits per heavy atom. The molecule has 0 spiro atoms. The summed E-state index contributed by atoms with van der Waals surface area (Å²) in [6.07, 6.45) is 6.28. The highest BCUT2D eigenvalue weighted by atomic mass is 19.1. The Labute approximate surface area is 134 Å². The van der Waals surface area contributed by atoms with Gasteiger partial charge in [-0.3, -0.25) is 4.79 Å². The minimum atomic E-state index is -0.535. The number of imidazole rings is 1. The summed E-state index contributed by atoms with van der Waals surface area (Å²) in [5, 5.41) is 0. The van der Waals surface area contributed by atoms with Crippen LogP contribution in [-0.2, 0) is 6.42 Å². The minimum Gasteiger partial charge on any atom is -0.497 e. The zero-order valence-corrected chi connectivity index (χ0v) is 13.1. The zero-order valence-electron chi connectivity index (χ0n) is 13.1. The number of carbonyl (C=O) groups is 1. The summed E-state index contributed by atoms with van der Waals surface area (Å²) in [7, 11) is 1.47. The van der Waals surface area contributed by atoms with E-state index in [0.29, 0.717) is 24.8 Å². The number of aromatic nitrogens is 2. The highest BCUT2D eigenvalue weighted by Crippen LogP contribution is 2.23. The monoisotopic (exact) mass is 317 g/mol. The van der Waals surface area contributed by atoms with E-state index in [9.17, 15) is 9.18 Å². The van der Waals surface area contributed by atoms with E-state index in [2.05, 4.69) is 9.97 Å². The molecule has 6 heteroatoms. The van der Waals surface area contributed by atoms with Crippen molar-refractivity contribution in [2.75, 3.05) is 20.2 Å². The molecule has 1 N–H and O–H groups in total. The number of nitrogens with one attached hydrogen (secondary N) is 1. The Morgan fingerprint density at radius 2 is 2.22 bits per heavy atom. The maximum atomic E-state index is 14.0. The number of halogens is 1. The summed E-state index contributed by atoms with van der Waals surface area (Å²) < 4.78 is 19.0. The van der Waals surface area contributed by atoms with Gasteiger partial charge in [0.1, 0.15) is 17.4 Å². The van der Waals surface area contributed by atoms with Gasteiger partial charge in [0.05, 0.1) is 12.7 Å². The number of rotatable bonds is 4. The SMILES string of the molecule is COc1ccc(C(=O)N2CCC(Cc3ncc[nH]3)CC2)c(F)c1. The van der Waals surface area contributed by atoms with Gasteiger partial charge in [0.25, 0.3) is 5.91 Å². The number of hydrogen-bond donors (Lipinski definition) is 1. The molecule has 122 valence electrons. The van der Waals surface area contributed by atoms with E-state index in [1.54, 1.807) is 17.2 Å². The van der Waals surface area contributed by atoms with Gasteiger partial charge in [-0.05, 0) is 30.9 Å². The van der Waals surface area contributed by atoms with Crippen molar-refractivity contribution in [1.82, 2.24) is 14.9 Å². The number of carbonyl (C=O) groups excluding carboxylic acids is 1. The van der Waals surface area contributed by atoms with Crippen molar-refractivity contribution in [3.05, 3.63) is 47.8 Å². The first-order valence-electron chi connectivity index (χ1n) is 7.78. The van der Waals surface area contributed by atoms with Gasteiger partial charge in [-0.25, -0.2) is 9.37 Å². The lowest BCUT2D eigenvalue weighted by atomic mass is 9.93. The van der Waals surface area contributed by atoms with Crippen LogP contribution in [0.15, 0.2) is 30.6 Å². The predicted octanol–water partition coefficient (Wildman–Crippen LogP) is 2.65. The Bertz CT molecular complexity index is 664. The Morgan fingerprint density at radius 1 is 1.43 bits per heavy atom. The molecule has 0 unspecified atom stereocenters. The van der Waals surface area contributed by atoms with Gasteiger partial charge in [0.15, 0.2) is 0 Å². The molecule has 0 saturated carbocycles. The van der Waals surface area contributed by atoms with Gasteiger partial charge in [-0.1, -0.05) is 0 Å². The number of H-pyrrole nitrogens is 1. The van der Waals surface area contributed by atoms with Crippen molar-refractivity contribution in [3.8, 4) is 5.75 Å². The van der Waals surface area contributed by atoms with Gasteiger partial charge in [0, 0.05) is 38.0 Å². The van der Waals surface area contributed by atoms with Crippen molar-refractivity contribution in [3.63, 3.8) is 0 Å². The number of amides is 1. The maximum absolute atomic E-state index is 14.0. The molecule has 1 aromatic heterocycles. The average Bonchev–Trinajstić information content (AvgIpc) is 3.08. The summed E-state index contributed by atoms with van der Waals surface area (Å²) in [4.78, 5) is 21.5. The van der Waals surface area contributed by atoms with Crippen molar-refractivity contribution in [2.24, 2.45) is 5.92 Å². The fraction of sp³-hybridized carbons (Fsp3) is 0.412. The highest BCUT2D eigenvalue weighted by Gasteiger charge is 2.25. The van der Waals surface area contributed by atoms with E-state index >= 15 is 0 Å². The van der Waals surface area contributed by atoms with Crippen LogP contribution in [0, 0.1) is 11.7 Å². The second-order valence-corrected chi connectivity index (χ2v) is 5.82. The van der Waals surface area contributed by atoms with Crippen molar-refractivity contribution in [2.45, 2.75) is 19.3 Å². The molecule has 1 aromatic carbocycles. The lowest BCUT2D eigenvalue weighted by molar-refractivity contribution is 0.0685. The molecule has 2 aromatic rings. The second kappa shape index (κ2) is 6.81. The molecule has 0 aliphatic carbocycles. The van der Waals surface area contributed by atoms with Crippen LogP contribution in [0.1, 0.15) is 29.0 Å². The van der Waals surface area contributed by atoms with E-state index in [1.165, 1.54) is 19.2 Å². The lowest BCUT2D eigenvalue weighted by Gasteiger charge is -2.31. The molecule has 0 bridgehead atoms. The van der Waals surface area contributed by atoms with Gasteiger partial charge in [0.2, 0.25) is 0 Å². The van der Waals surface area contributed by atoms with Gasteiger partial charge >= 0.3 is 0 Å². The van der Waals surface area contributed by atoms with Crippen molar-refractivity contribution >= 4 is 5.91 Å². The minimum absolute atomic E-state index is 0.107. The van der Waals surface area contributed by atoms with Crippen LogP contribution < -0.4 is 4.74 Å². The standard InChI is InChI=1S/C17H20FN3O2/c1-23-13-2-3-14(15(18)11-13)17(22)21-8-4-12(5-9-21)10-16-19-6-7-20-16/h2-3,6-7,11-12H,4-5,8-10H2,1H3,(H,19,20). The Hall–Kier alpha value is -2.37. The molecule has 3 rings (SSSR count). The highest BCUT2D eigenvalue weighted by molar-refractivity contribution is 5.94. The first-order chi connectivity index (χ1) is 11.2. The van der Waals surface area contributed by atoms with Crippen LogP contribution >= 0.6 is 0 Å². The van der Waals surface area contributed by atoms with Crippen LogP contribution in [0.2, 0.25) is 0 Å². The molecule has 1 aliphatic rings. The number of aromatic amines is 1. The lowest BCUT2D eigenvalue weighted by Crippen LogP contribution is -2.39. The summed E-state index contributed by atoms with van der Waals surface area (Å²) in [6.45, 7) is 1.30. The summed E-state index contributed by atoms with van der Waals surface area (Å²) in [5.41, 5.74) is 0.107. The van der Waals surface area contributed by atoms with E-state index in [4.69, 9.17) is 4.74 Å². The van der Waals surface area contributed by atoms with Crippen LogP contribution in [0.3, 0.4) is 0 Å². The smallest absolute Gasteiger partial charge is 0.256 e. The Kier molecular flexibility index (Phi) is 4.60. The number of ether oxygens (including phenoxy) is 1. The van der Waals surface area contributed by atoms with E-state index < -0.39 is 5.82 Å². The third-order valence-corrected chi connectivity index (χ3v) is 4.35. The zero-order chi connectivity index (χ0) is 16.2. The largest absolute Gasteiger partial charge is 0.497 e. The summed E-state index contributed by atoms with van der Waals surface area (Å²) >= 11 is 0. The predicted molar refractivity (Wildman–Crippen MR) is 83.9 cm³/mol. The van der Waals surface area contributed by atoms with Crippen LogP contribution in [0.5, 0.6) is 5.75 Å². The van der Waals surface area contributed by atoms with E-state index in [0.717, 1.165) is 25.1 Å². The van der Waals surface area contributed by atoms with Crippen molar-refractivity contribution in [1.29, 1.82) is 0 Å². The van der Waals surface area contributed by atoms with Crippen LogP contribution in [0.4, 0.5) is 4.39 Å². The van der Waals surface area contributed by atoms with E-state index in [-0.39, 0.29) is 11.5 Å². The molecule has 5 nitrogen and oxygen atoms in total. The number of hydrogen-bond acceptors (Lipinski definition) is 3. The van der Waals surface area contributed by atoms with Crippen LogP contribution in [-0.4, -0.2) is 41.0 Å². The number of likely N-dealkylation sites (tertiary alicyclic amines) is 1. The quantitative estimate of drug-likeness (QED) is 0.943. The molecule has 1 saturated heterocycles. The fourth-order valence-corrected chi connectivity index (χ4v) is 2.99. The van der Waals surface area contributed by atoms with Gasteiger partial charge < -0.3 is 14.6 Å². The summed E-state index contributed by atoms with van der Waals surface area (Å²) in [5.74, 6) is 1.12. The first kappa shape index (κ1) is 15.5. The fourth-order valence-electron chi connectivity index (χ4n) is 2.99. The molecular formula is C17H20FN3O2. The normalized spacial score (nSPS) is 15.7. The van der Waals surface area contributed by atoms with Crippen LogP contribution in [0.25, 0.3) is 0 Å². The number of benzene rings is 1. The molecule has 0 radical (unpaired) electrons. The average molecular weight is 317 g/mol. The molecular weight excluding hydrogens is 297 g/mol. The van der Waals surface area contributed by atoms with Gasteiger partial charge in [-0.2, -0.15) is 0 Å². The second-order valence-electron chi connectivity index (χ2n) is 5.82. The first-order valence-corrected chi connectivity index (χ1v) is 7.78. The summed E-state index contributed by atoms with van der Waals surface area (Å²) in [6, 6.07) is 4.35. The molecule has 1 amide bonds. The maximum Gasteiger partial charge on any atom is 0.256 e. The van der Waals surface area contributed by atoms with Crippen molar-refractivity contribution < 1.29 is 13.9 Å². The number of methoxy groups -OCH3 is 1. The molecule has 1 fully saturated rings. The molecule has 0 atom stereocenters. The van der Waals surface area contributed by atoms with Gasteiger partial charge in [-0.15, -0.1) is 0 Å². The number of piperidine rings is 1. The Balaban J connectivity index is 1.60.